The minimum Gasteiger partial charge on any atom is -0.394 e. The van der Waals surface area contributed by atoms with Gasteiger partial charge in [-0.05, 0) is 20.3 Å². The Morgan fingerprint density at radius 1 is 1.47 bits per heavy atom. The Morgan fingerprint density at radius 2 is 2.07 bits per heavy atom. The van der Waals surface area contributed by atoms with E-state index in [1.807, 2.05) is 13.8 Å². The van der Waals surface area contributed by atoms with Crippen LogP contribution in [0.25, 0.3) is 0 Å². The fourth-order valence-electron chi connectivity index (χ4n) is 0.846. The van der Waals surface area contributed by atoms with Gasteiger partial charge in [0.15, 0.2) is 0 Å². The van der Waals surface area contributed by atoms with Crippen molar-refractivity contribution in [2.45, 2.75) is 44.6 Å². The largest absolute Gasteiger partial charge is 0.394 e. The normalized spacial score (nSPS) is 16.9. The van der Waals surface area contributed by atoms with Crippen LogP contribution in [-0.4, -0.2) is 45.9 Å². The average Bonchev–Trinajstić information content (AvgIpc) is 2.24. The van der Waals surface area contributed by atoms with Gasteiger partial charge in [-0.15, -0.1) is 11.8 Å². The van der Waals surface area contributed by atoms with Crippen LogP contribution in [0.5, 0.6) is 0 Å². The molecule has 0 aromatic carbocycles. The topological polar surface area (TPSA) is 69.6 Å². The standard InChI is InChI=1S/C10H21NO3S/c1-4-7(2)11-10(14)8(3)15-6-9(13)5-12/h7-9,12-13H,4-6H2,1-3H3,(H,11,14). The van der Waals surface area contributed by atoms with E-state index in [4.69, 9.17) is 10.2 Å². The molecule has 3 unspecified atom stereocenters. The second-order valence-corrected chi connectivity index (χ2v) is 5.00. The molecule has 0 heterocycles. The third kappa shape index (κ3) is 6.76. The van der Waals surface area contributed by atoms with Gasteiger partial charge in [0, 0.05) is 11.8 Å². The smallest absolute Gasteiger partial charge is 0.233 e. The Bertz CT molecular complexity index is 190. The zero-order chi connectivity index (χ0) is 11.8. The van der Waals surface area contributed by atoms with Gasteiger partial charge in [0.25, 0.3) is 0 Å². The van der Waals surface area contributed by atoms with Crippen molar-refractivity contribution in [3.63, 3.8) is 0 Å². The molecule has 15 heavy (non-hydrogen) atoms. The molecule has 90 valence electrons. The molecule has 0 fully saturated rings. The number of carbonyl (C=O) groups is 1. The maximum atomic E-state index is 11.5. The summed E-state index contributed by atoms with van der Waals surface area (Å²) in [4.78, 5) is 11.5. The first-order chi connectivity index (χ1) is 7.01. The number of thioether (sulfide) groups is 1. The van der Waals surface area contributed by atoms with Crippen molar-refractivity contribution in [3.05, 3.63) is 0 Å². The van der Waals surface area contributed by atoms with Crippen molar-refractivity contribution in [3.8, 4) is 0 Å². The van der Waals surface area contributed by atoms with Gasteiger partial charge in [-0.3, -0.25) is 4.79 Å². The van der Waals surface area contributed by atoms with E-state index in [0.29, 0.717) is 5.75 Å². The molecule has 0 aromatic heterocycles. The third-order valence-corrected chi connectivity index (χ3v) is 3.41. The fraction of sp³-hybridized carbons (Fsp3) is 0.900. The Morgan fingerprint density at radius 3 is 2.53 bits per heavy atom. The fourth-order valence-corrected chi connectivity index (χ4v) is 1.68. The second-order valence-electron chi connectivity index (χ2n) is 3.63. The SMILES string of the molecule is CCC(C)NC(=O)C(C)SCC(O)CO. The lowest BCUT2D eigenvalue weighted by molar-refractivity contribution is -0.120. The van der Waals surface area contributed by atoms with Gasteiger partial charge in [-0.2, -0.15) is 0 Å². The molecular weight excluding hydrogens is 214 g/mol. The predicted molar refractivity (Wildman–Crippen MR) is 62.9 cm³/mol. The van der Waals surface area contributed by atoms with Gasteiger partial charge in [0.2, 0.25) is 5.91 Å². The number of carbonyl (C=O) groups excluding carboxylic acids is 1. The summed E-state index contributed by atoms with van der Waals surface area (Å²) in [6, 6.07) is 0.184. The Balaban J connectivity index is 3.78. The molecule has 0 radical (unpaired) electrons. The Labute approximate surface area is 95.4 Å². The first-order valence-electron chi connectivity index (χ1n) is 5.22. The van der Waals surface area contributed by atoms with Crippen molar-refractivity contribution in [1.29, 1.82) is 0 Å². The van der Waals surface area contributed by atoms with E-state index in [0.717, 1.165) is 6.42 Å². The highest BCUT2D eigenvalue weighted by atomic mass is 32.2. The van der Waals surface area contributed by atoms with Gasteiger partial charge < -0.3 is 15.5 Å². The number of aliphatic hydroxyl groups excluding tert-OH is 2. The zero-order valence-electron chi connectivity index (χ0n) is 9.56. The van der Waals surface area contributed by atoms with E-state index in [1.54, 1.807) is 6.92 Å². The summed E-state index contributed by atoms with van der Waals surface area (Å²) in [5.74, 6) is 0.366. The lowest BCUT2D eigenvalue weighted by Crippen LogP contribution is -2.37. The monoisotopic (exact) mass is 235 g/mol. The summed E-state index contributed by atoms with van der Waals surface area (Å²) in [6.45, 7) is 5.51. The molecule has 0 saturated heterocycles. The van der Waals surface area contributed by atoms with Gasteiger partial charge in [-0.1, -0.05) is 6.92 Å². The first kappa shape index (κ1) is 14.7. The first-order valence-corrected chi connectivity index (χ1v) is 6.27. The molecule has 0 aromatic rings. The van der Waals surface area contributed by atoms with Gasteiger partial charge >= 0.3 is 0 Å². The minimum absolute atomic E-state index is 0.0144. The van der Waals surface area contributed by atoms with Crippen molar-refractivity contribution in [2.24, 2.45) is 0 Å². The highest BCUT2D eigenvalue weighted by molar-refractivity contribution is 8.00. The molecule has 1 amide bonds. The van der Waals surface area contributed by atoms with E-state index in [-0.39, 0.29) is 23.8 Å². The molecule has 0 aliphatic carbocycles. The van der Waals surface area contributed by atoms with Crippen LogP contribution in [0.1, 0.15) is 27.2 Å². The number of hydrogen-bond donors (Lipinski definition) is 3. The maximum absolute atomic E-state index is 11.5. The highest BCUT2D eigenvalue weighted by Crippen LogP contribution is 2.12. The van der Waals surface area contributed by atoms with Crippen molar-refractivity contribution < 1.29 is 15.0 Å². The molecule has 0 saturated carbocycles. The number of amides is 1. The van der Waals surface area contributed by atoms with Crippen molar-refractivity contribution in [1.82, 2.24) is 5.32 Å². The Hall–Kier alpha value is -0.260. The van der Waals surface area contributed by atoms with Crippen LogP contribution >= 0.6 is 11.8 Å². The minimum atomic E-state index is -0.742. The van der Waals surface area contributed by atoms with Crippen LogP contribution in [0.4, 0.5) is 0 Å². The maximum Gasteiger partial charge on any atom is 0.233 e. The van der Waals surface area contributed by atoms with Crippen LogP contribution in [-0.2, 0) is 4.79 Å². The molecule has 3 N–H and O–H groups in total. The molecule has 3 atom stereocenters. The summed E-state index contributed by atoms with van der Waals surface area (Å²) in [6.07, 6.45) is 0.163. The van der Waals surface area contributed by atoms with Crippen molar-refractivity contribution >= 4 is 17.7 Å². The van der Waals surface area contributed by atoms with E-state index in [2.05, 4.69) is 5.32 Å². The molecule has 0 aliphatic rings. The van der Waals surface area contributed by atoms with Crippen LogP contribution < -0.4 is 5.32 Å². The molecule has 0 aliphatic heterocycles. The second kappa shape index (κ2) is 7.96. The summed E-state index contributed by atoms with van der Waals surface area (Å²) in [7, 11) is 0. The van der Waals surface area contributed by atoms with Gasteiger partial charge in [-0.25, -0.2) is 0 Å². The molecule has 4 nitrogen and oxygen atoms in total. The van der Waals surface area contributed by atoms with Gasteiger partial charge in [0.05, 0.1) is 18.0 Å². The number of rotatable bonds is 7. The number of nitrogens with one attached hydrogen (secondary N) is 1. The van der Waals surface area contributed by atoms with E-state index in [1.165, 1.54) is 11.8 Å². The highest BCUT2D eigenvalue weighted by Gasteiger charge is 2.16. The predicted octanol–water partition coefficient (Wildman–Crippen LogP) is 0.376. The molecule has 5 heteroatoms. The van der Waals surface area contributed by atoms with E-state index < -0.39 is 6.10 Å². The molecular formula is C10H21NO3S. The third-order valence-electron chi connectivity index (χ3n) is 2.12. The average molecular weight is 235 g/mol. The van der Waals surface area contributed by atoms with Crippen LogP contribution in [0, 0.1) is 0 Å². The van der Waals surface area contributed by atoms with Crippen LogP contribution in [0.3, 0.4) is 0 Å². The van der Waals surface area contributed by atoms with Crippen LogP contribution in [0.15, 0.2) is 0 Å². The lowest BCUT2D eigenvalue weighted by Gasteiger charge is -2.16. The molecule has 0 spiro atoms. The molecule has 0 bridgehead atoms. The number of aliphatic hydroxyl groups is 2. The summed E-state index contributed by atoms with van der Waals surface area (Å²) >= 11 is 1.35. The van der Waals surface area contributed by atoms with Crippen LogP contribution in [0.2, 0.25) is 0 Å². The summed E-state index contributed by atoms with van der Waals surface area (Å²) < 4.78 is 0. The van der Waals surface area contributed by atoms with Gasteiger partial charge in [0.1, 0.15) is 0 Å². The van der Waals surface area contributed by atoms with E-state index >= 15 is 0 Å². The Kier molecular flexibility index (Phi) is 7.82. The summed E-state index contributed by atoms with van der Waals surface area (Å²) in [5, 5.41) is 20.4. The molecule has 0 rings (SSSR count). The number of hydrogen-bond acceptors (Lipinski definition) is 4. The van der Waals surface area contributed by atoms with Crippen molar-refractivity contribution in [2.75, 3.05) is 12.4 Å². The summed E-state index contributed by atoms with van der Waals surface area (Å²) in [5.41, 5.74) is 0. The lowest BCUT2D eigenvalue weighted by atomic mass is 10.2. The van der Waals surface area contributed by atoms with E-state index in [9.17, 15) is 4.79 Å². The zero-order valence-corrected chi connectivity index (χ0v) is 10.4. The quantitative estimate of drug-likeness (QED) is 0.596.